The van der Waals surface area contributed by atoms with E-state index in [0.717, 1.165) is 0 Å². The van der Waals surface area contributed by atoms with Gasteiger partial charge in [0.1, 0.15) is 0 Å². The first-order chi connectivity index (χ1) is 0. The molecule has 0 fully saturated rings. The maximum absolute atomic E-state index is 0. The second-order valence-electron chi connectivity index (χ2n) is 0. The topological polar surface area (TPSA) is 35.0 Å². The van der Waals surface area contributed by atoms with E-state index in [-0.39, 0.29) is 70.1 Å². The van der Waals surface area contributed by atoms with Crippen LogP contribution in [0.4, 0.5) is 0 Å². The van der Waals surface area contributed by atoms with Gasteiger partial charge in [-0.25, -0.2) is 0 Å². The largest absolute Gasteiger partial charge is 2.00 e. The molecule has 0 aromatic carbocycles. The summed E-state index contributed by atoms with van der Waals surface area (Å²) in [5.74, 6) is 0. The van der Waals surface area contributed by atoms with Gasteiger partial charge in [-0.1, -0.05) is 0 Å². The minimum absolute atomic E-state index is 0. The molecule has 3 N–H and O–H groups in total. The third-order valence-electron chi connectivity index (χ3n) is 0. The molecule has 28 valence electrons. The number of rotatable bonds is 0. The second-order valence-corrected chi connectivity index (χ2v) is 0. The molecular weight excluding hydrogens is 117 g/mol. The Hall–Kier alpha value is 2.00. The van der Waals surface area contributed by atoms with Crippen LogP contribution in [0.25, 0.3) is 0 Å². The summed E-state index contributed by atoms with van der Waals surface area (Å²) >= 11 is 0. The summed E-state index contributed by atoms with van der Waals surface area (Å²) in [5.41, 5.74) is 0. The van der Waals surface area contributed by atoms with Gasteiger partial charge in [-0.15, -0.1) is 0 Å². The second kappa shape index (κ2) is 20.0. The van der Waals surface area contributed by atoms with E-state index in [9.17, 15) is 0 Å². The Morgan fingerprint density at radius 1 is 1.25 bits per heavy atom. The third kappa shape index (κ3) is 9.00. The standard InChI is InChI=1S/Ca.H3N.H3P.H2S.2H/h;2*1H3;1H2;;/q+2;;;;2*-1. The SMILES string of the molecule is N.P.S.[Ca+2].[H-].[H-]. The van der Waals surface area contributed by atoms with Crippen LogP contribution in [0.2, 0.25) is 0 Å². The fourth-order valence-corrected chi connectivity index (χ4v) is 0. The zero-order valence-corrected chi connectivity index (χ0v) is 7.24. The van der Waals surface area contributed by atoms with Crippen molar-refractivity contribution in [2.75, 3.05) is 0 Å². The van der Waals surface area contributed by atoms with Crippen molar-refractivity contribution in [1.82, 2.24) is 6.15 Å². The van der Waals surface area contributed by atoms with E-state index >= 15 is 0 Å². The predicted octanol–water partition coefficient (Wildman–Crippen LogP) is 0.177. The van der Waals surface area contributed by atoms with Crippen molar-refractivity contribution < 1.29 is 2.85 Å². The molecule has 1 atom stereocenters. The first kappa shape index (κ1) is 37.5. The summed E-state index contributed by atoms with van der Waals surface area (Å²) in [6.07, 6.45) is 0. The van der Waals surface area contributed by atoms with E-state index in [1.54, 1.807) is 0 Å². The van der Waals surface area contributed by atoms with Crippen LogP contribution in [-0.2, 0) is 0 Å². The molecule has 1 nitrogen and oxygen atoms in total. The molecule has 0 aromatic heterocycles. The molecule has 0 heterocycles. The van der Waals surface area contributed by atoms with Gasteiger partial charge in [0.2, 0.25) is 0 Å². The zero-order valence-electron chi connectivity index (χ0n) is 4.62. The average molecular weight is 127 g/mol. The van der Waals surface area contributed by atoms with Crippen LogP contribution in [0.5, 0.6) is 0 Å². The third-order valence-corrected chi connectivity index (χ3v) is 0. The Bertz CT molecular complexity index is 13.5. The van der Waals surface area contributed by atoms with Crippen LogP contribution >= 0.6 is 23.4 Å². The van der Waals surface area contributed by atoms with Gasteiger partial charge < -0.3 is 9.00 Å². The van der Waals surface area contributed by atoms with Crippen molar-refractivity contribution in [2.45, 2.75) is 0 Å². The van der Waals surface area contributed by atoms with Crippen molar-refractivity contribution >= 4 is 61.1 Å². The van der Waals surface area contributed by atoms with E-state index in [1.165, 1.54) is 0 Å². The molecule has 0 amide bonds. The van der Waals surface area contributed by atoms with Gasteiger partial charge in [0.05, 0.1) is 0 Å². The Kier molecular flexibility index (Phi) is 188. The Balaban J connectivity index is 0. The summed E-state index contributed by atoms with van der Waals surface area (Å²) in [6, 6.07) is 0. The molecule has 0 saturated carbocycles. The first-order valence-corrected chi connectivity index (χ1v) is 0. The van der Waals surface area contributed by atoms with Gasteiger partial charge in [0.25, 0.3) is 0 Å². The van der Waals surface area contributed by atoms with Gasteiger partial charge in [-0.2, -0.15) is 23.4 Å². The van der Waals surface area contributed by atoms with Crippen LogP contribution < -0.4 is 6.15 Å². The molecule has 0 saturated heterocycles. The van der Waals surface area contributed by atoms with Gasteiger partial charge in [0.15, 0.2) is 0 Å². The molecule has 0 aliphatic carbocycles. The van der Waals surface area contributed by atoms with Crippen LogP contribution in [0.1, 0.15) is 2.85 Å². The van der Waals surface area contributed by atoms with Gasteiger partial charge in [0, 0.05) is 0 Å². The summed E-state index contributed by atoms with van der Waals surface area (Å²) in [4.78, 5) is 0. The monoisotopic (exact) mass is 127 g/mol. The van der Waals surface area contributed by atoms with Crippen molar-refractivity contribution in [3.8, 4) is 0 Å². The van der Waals surface area contributed by atoms with Crippen molar-refractivity contribution in [2.24, 2.45) is 0 Å². The molecule has 0 aliphatic rings. The van der Waals surface area contributed by atoms with Crippen molar-refractivity contribution in [3.63, 3.8) is 0 Å². The molecule has 4 heavy (non-hydrogen) atoms. The van der Waals surface area contributed by atoms with Gasteiger partial charge in [-0.05, 0) is 0 Å². The molecule has 0 bridgehead atoms. The van der Waals surface area contributed by atoms with Crippen molar-refractivity contribution in [1.29, 1.82) is 0 Å². The van der Waals surface area contributed by atoms with E-state index in [4.69, 9.17) is 0 Å². The van der Waals surface area contributed by atoms with Crippen LogP contribution in [0.3, 0.4) is 0 Å². The number of hydrogen-bond donors (Lipinski definition) is 1. The molecule has 0 aliphatic heterocycles. The predicted molar refractivity (Wildman–Crippen MR) is 34.5 cm³/mol. The Labute approximate surface area is 69.5 Å². The van der Waals surface area contributed by atoms with Crippen LogP contribution in [-0.4, -0.2) is 37.7 Å². The average Bonchev–Trinajstić information content (AvgIpc) is 0. The number of hydrogen-bond acceptors (Lipinski definition) is 1. The quantitative estimate of drug-likeness (QED) is 0.365. The minimum atomic E-state index is 0. The molecule has 0 radical (unpaired) electrons. The van der Waals surface area contributed by atoms with E-state index in [1.807, 2.05) is 0 Å². The Morgan fingerprint density at radius 2 is 1.25 bits per heavy atom. The van der Waals surface area contributed by atoms with Gasteiger partial charge >= 0.3 is 37.7 Å². The molecule has 0 spiro atoms. The summed E-state index contributed by atoms with van der Waals surface area (Å²) in [5, 5.41) is 0. The summed E-state index contributed by atoms with van der Waals surface area (Å²) in [7, 11) is 0. The zero-order chi connectivity index (χ0) is 0. The molecule has 4 heteroatoms. The molecule has 1 unspecified atom stereocenters. The van der Waals surface area contributed by atoms with Crippen LogP contribution in [0.15, 0.2) is 0 Å². The van der Waals surface area contributed by atoms with E-state index in [0.29, 0.717) is 0 Å². The fraction of sp³-hybridized carbons (Fsp3) is 0. The Morgan fingerprint density at radius 3 is 1.25 bits per heavy atom. The molecule has 0 aromatic rings. The normalized spacial score (nSPS) is 0. The summed E-state index contributed by atoms with van der Waals surface area (Å²) < 4.78 is 0. The van der Waals surface area contributed by atoms with Crippen LogP contribution in [0, 0.1) is 0 Å². The van der Waals surface area contributed by atoms with E-state index < -0.39 is 0 Å². The maximum Gasteiger partial charge on any atom is 2.00 e. The smallest absolute Gasteiger partial charge is 1.00 e. The fourth-order valence-electron chi connectivity index (χ4n) is 0. The summed E-state index contributed by atoms with van der Waals surface area (Å²) in [6.45, 7) is 0. The van der Waals surface area contributed by atoms with Crippen molar-refractivity contribution in [3.05, 3.63) is 0 Å². The van der Waals surface area contributed by atoms with Gasteiger partial charge in [-0.3, -0.25) is 0 Å². The minimum Gasteiger partial charge on any atom is -1.00 e. The first-order valence-electron chi connectivity index (χ1n) is 0. The maximum atomic E-state index is 0. The molecular formula is H10CaNPS. The molecule has 0 rings (SSSR count). The van der Waals surface area contributed by atoms with E-state index in [2.05, 4.69) is 0 Å².